The van der Waals surface area contributed by atoms with Crippen molar-refractivity contribution in [2.75, 3.05) is 6.54 Å². The Labute approximate surface area is 107 Å². The number of unbranched alkanes of at least 4 members (excludes halogenated alkanes) is 1. The van der Waals surface area contributed by atoms with Gasteiger partial charge in [0.15, 0.2) is 0 Å². The summed E-state index contributed by atoms with van der Waals surface area (Å²) in [6.45, 7) is 2.81. The minimum Gasteiger partial charge on any atom is -0.464 e. The fraction of sp³-hybridized carbons (Fsp3) is 0.267. The lowest BCUT2D eigenvalue weighted by Crippen LogP contribution is -2.25. The molecule has 1 aromatic rings. The second-order valence-electron chi connectivity index (χ2n) is 4.17. The Kier molecular flexibility index (Phi) is 4.18. The van der Waals surface area contributed by atoms with Gasteiger partial charge in [0.25, 0.3) is 5.91 Å². The zero-order valence-electron chi connectivity index (χ0n) is 10.5. The van der Waals surface area contributed by atoms with E-state index in [-0.39, 0.29) is 5.91 Å². The third-order valence-electron chi connectivity index (χ3n) is 2.75. The lowest BCUT2D eigenvalue weighted by molar-refractivity contribution is -0.117. The Morgan fingerprint density at radius 2 is 2.17 bits per heavy atom. The van der Waals surface area contributed by atoms with Crippen LogP contribution in [0.25, 0.3) is 6.08 Å². The monoisotopic (exact) mass is 243 g/mol. The van der Waals surface area contributed by atoms with Gasteiger partial charge in [0, 0.05) is 17.7 Å². The van der Waals surface area contributed by atoms with Crippen LogP contribution < -0.4 is 10.1 Å². The molecule has 18 heavy (non-hydrogen) atoms. The predicted molar refractivity (Wildman–Crippen MR) is 72.1 cm³/mol. The molecule has 0 spiro atoms. The second kappa shape index (κ2) is 6.05. The molecule has 1 aromatic carbocycles. The van der Waals surface area contributed by atoms with Crippen LogP contribution in [0.4, 0.5) is 0 Å². The van der Waals surface area contributed by atoms with Gasteiger partial charge < -0.3 is 10.1 Å². The number of nitrogens with one attached hydrogen (secondary N) is 1. The molecule has 1 heterocycles. The average molecular weight is 243 g/mol. The maximum absolute atomic E-state index is 11.9. The zero-order valence-corrected chi connectivity index (χ0v) is 10.5. The molecule has 0 aliphatic carbocycles. The van der Waals surface area contributed by atoms with Gasteiger partial charge in [-0.2, -0.15) is 0 Å². The van der Waals surface area contributed by atoms with Gasteiger partial charge in [-0.3, -0.25) is 4.79 Å². The van der Waals surface area contributed by atoms with Crippen LogP contribution in [0.1, 0.15) is 25.3 Å². The van der Waals surface area contributed by atoms with E-state index in [0.29, 0.717) is 12.1 Å². The number of para-hydroxylation sites is 1. The molecular formula is C15H17NO2. The summed E-state index contributed by atoms with van der Waals surface area (Å²) in [4.78, 5) is 11.9. The van der Waals surface area contributed by atoms with E-state index in [9.17, 15) is 4.79 Å². The van der Waals surface area contributed by atoms with Gasteiger partial charge in [0.2, 0.25) is 0 Å². The summed E-state index contributed by atoms with van der Waals surface area (Å²) in [6, 6.07) is 7.65. The van der Waals surface area contributed by atoms with E-state index in [2.05, 4.69) is 12.2 Å². The molecule has 0 atom stereocenters. The molecule has 1 N–H and O–H groups in total. The van der Waals surface area contributed by atoms with E-state index in [1.807, 2.05) is 30.3 Å². The lowest BCUT2D eigenvalue weighted by Gasteiger charge is -2.04. The molecule has 0 unspecified atom stereocenters. The van der Waals surface area contributed by atoms with Crippen molar-refractivity contribution in [1.29, 1.82) is 0 Å². The molecule has 94 valence electrons. The van der Waals surface area contributed by atoms with Crippen LogP contribution in [0.15, 0.2) is 42.2 Å². The van der Waals surface area contributed by atoms with Crippen molar-refractivity contribution >= 4 is 12.0 Å². The van der Waals surface area contributed by atoms with Crippen molar-refractivity contribution in [2.45, 2.75) is 19.8 Å². The van der Waals surface area contributed by atoms with Crippen LogP contribution in [0.2, 0.25) is 0 Å². The van der Waals surface area contributed by atoms with Gasteiger partial charge in [-0.25, -0.2) is 0 Å². The largest absolute Gasteiger partial charge is 0.464 e. The minimum absolute atomic E-state index is 0.0556. The summed E-state index contributed by atoms with van der Waals surface area (Å²) < 4.78 is 5.44. The first-order chi connectivity index (χ1) is 8.81. The highest BCUT2D eigenvalue weighted by molar-refractivity contribution is 6.01. The van der Waals surface area contributed by atoms with Crippen molar-refractivity contribution < 1.29 is 9.53 Å². The van der Waals surface area contributed by atoms with E-state index in [1.165, 1.54) is 0 Å². The van der Waals surface area contributed by atoms with Crippen LogP contribution in [0, 0.1) is 0 Å². The van der Waals surface area contributed by atoms with Gasteiger partial charge in [0.05, 0.1) is 6.26 Å². The highest BCUT2D eigenvalue weighted by Gasteiger charge is 2.10. The minimum atomic E-state index is -0.0556. The molecular weight excluding hydrogens is 226 g/mol. The fourth-order valence-electron chi connectivity index (χ4n) is 1.73. The highest BCUT2D eigenvalue weighted by Crippen LogP contribution is 2.24. The summed E-state index contributed by atoms with van der Waals surface area (Å²) in [5.41, 5.74) is 1.54. The fourth-order valence-corrected chi connectivity index (χ4v) is 1.73. The van der Waals surface area contributed by atoms with E-state index in [0.717, 1.165) is 24.2 Å². The van der Waals surface area contributed by atoms with Crippen LogP contribution >= 0.6 is 0 Å². The Bertz CT molecular complexity index is 489. The maximum atomic E-state index is 11.9. The summed E-state index contributed by atoms with van der Waals surface area (Å²) in [5, 5.41) is 2.90. The maximum Gasteiger partial charge on any atom is 0.251 e. The van der Waals surface area contributed by atoms with Crippen molar-refractivity contribution in [3.8, 4) is 5.75 Å². The summed E-state index contributed by atoms with van der Waals surface area (Å²) in [6.07, 6.45) is 7.16. The van der Waals surface area contributed by atoms with Gasteiger partial charge in [-0.15, -0.1) is 0 Å². The van der Waals surface area contributed by atoms with Crippen LogP contribution in [0.3, 0.4) is 0 Å². The lowest BCUT2D eigenvalue weighted by atomic mass is 10.1. The first-order valence-corrected chi connectivity index (χ1v) is 6.23. The van der Waals surface area contributed by atoms with Gasteiger partial charge in [-0.05, 0) is 24.6 Å². The van der Waals surface area contributed by atoms with Crippen molar-refractivity contribution in [3.63, 3.8) is 0 Å². The van der Waals surface area contributed by atoms with Crippen molar-refractivity contribution in [3.05, 3.63) is 47.7 Å². The van der Waals surface area contributed by atoms with Crippen LogP contribution in [0.5, 0.6) is 5.75 Å². The van der Waals surface area contributed by atoms with Crippen LogP contribution in [-0.4, -0.2) is 12.5 Å². The molecule has 3 heteroatoms. The molecule has 1 aliphatic heterocycles. The van der Waals surface area contributed by atoms with Crippen LogP contribution in [-0.2, 0) is 4.79 Å². The highest BCUT2D eigenvalue weighted by atomic mass is 16.5. The summed E-state index contributed by atoms with van der Waals surface area (Å²) in [5.74, 6) is 0.713. The molecule has 1 amide bonds. The second-order valence-corrected chi connectivity index (χ2v) is 4.17. The average Bonchev–Trinajstić information content (AvgIpc) is 2.61. The molecule has 1 aliphatic rings. The number of hydrogen-bond acceptors (Lipinski definition) is 2. The Morgan fingerprint density at radius 1 is 1.33 bits per heavy atom. The van der Waals surface area contributed by atoms with Crippen molar-refractivity contribution in [2.24, 2.45) is 0 Å². The molecule has 0 aromatic heterocycles. The van der Waals surface area contributed by atoms with Crippen molar-refractivity contribution in [1.82, 2.24) is 5.32 Å². The molecule has 0 saturated carbocycles. The first kappa shape index (κ1) is 12.4. The van der Waals surface area contributed by atoms with E-state index in [4.69, 9.17) is 4.74 Å². The number of amides is 1. The standard InChI is InChI=1S/C15H17NO2/c1-2-3-9-16-15(17)13-8-10-18-14-7-5-4-6-12(14)11-13/h4-8,10-11H,2-3,9H2,1H3,(H,16,17). The molecule has 0 radical (unpaired) electrons. The summed E-state index contributed by atoms with van der Waals surface area (Å²) in [7, 11) is 0. The first-order valence-electron chi connectivity index (χ1n) is 6.23. The number of hydrogen-bond donors (Lipinski definition) is 1. The zero-order chi connectivity index (χ0) is 12.8. The predicted octanol–water partition coefficient (Wildman–Crippen LogP) is 2.89. The third-order valence-corrected chi connectivity index (χ3v) is 2.75. The van der Waals surface area contributed by atoms with Gasteiger partial charge in [0.1, 0.15) is 5.75 Å². The Hall–Kier alpha value is -2.03. The molecule has 3 nitrogen and oxygen atoms in total. The summed E-state index contributed by atoms with van der Waals surface area (Å²) >= 11 is 0. The van der Waals surface area contributed by atoms with E-state index in [1.54, 1.807) is 12.3 Å². The van der Waals surface area contributed by atoms with E-state index >= 15 is 0 Å². The number of carbonyl (C=O) groups is 1. The third kappa shape index (κ3) is 3.00. The number of carbonyl (C=O) groups excluding carboxylic acids is 1. The Morgan fingerprint density at radius 3 is 3.00 bits per heavy atom. The SMILES string of the molecule is CCCCNC(=O)C1=Cc2ccccc2OC=C1. The Balaban J connectivity index is 2.13. The van der Waals surface area contributed by atoms with Gasteiger partial charge in [-0.1, -0.05) is 31.5 Å². The van der Waals surface area contributed by atoms with Gasteiger partial charge >= 0.3 is 0 Å². The quantitative estimate of drug-likeness (QED) is 0.826. The number of rotatable bonds is 4. The van der Waals surface area contributed by atoms with E-state index < -0.39 is 0 Å². The topological polar surface area (TPSA) is 38.3 Å². The molecule has 2 rings (SSSR count). The number of ether oxygens (including phenoxy) is 1. The smallest absolute Gasteiger partial charge is 0.251 e. The normalized spacial score (nSPS) is 13.1. The molecule has 0 fully saturated rings. The number of benzene rings is 1. The molecule has 0 bridgehead atoms. The molecule has 0 saturated heterocycles. The number of fused-ring (bicyclic) bond motifs is 1.